The molecule has 0 unspecified atom stereocenters. The number of aromatic hydroxyl groups is 1. The van der Waals surface area contributed by atoms with Gasteiger partial charge in [-0.3, -0.25) is 4.72 Å². The van der Waals surface area contributed by atoms with Crippen molar-refractivity contribution in [1.82, 2.24) is 9.97 Å². The molecular formula is C14H12N6O3S2. The Kier molecular flexibility index (Phi) is 4.59. The average molecular weight is 376 g/mol. The molecule has 128 valence electrons. The maximum absolute atomic E-state index is 12.2. The van der Waals surface area contributed by atoms with Crippen LogP contribution in [0.5, 0.6) is 5.75 Å². The number of nitrogens with one attached hydrogen (secondary N) is 1. The summed E-state index contributed by atoms with van der Waals surface area (Å²) in [5, 5.41) is 19.5. The summed E-state index contributed by atoms with van der Waals surface area (Å²) in [5.74, 6) is -0.316. The number of sulfonamides is 1. The molecule has 2 aromatic heterocycles. The lowest BCUT2D eigenvalue weighted by molar-refractivity contribution is 0.477. The van der Waals surface area contributed by atoms with Crippen LogP contribution in [0.4, 0.5) is 22.3 Å². The zero-order chi connectivity index (χ0) is 17.9. The van der Waals surface area contributed by atoms with Crippen LogP contribution < -0.4 is 10.5 Å². The Labute approximate surface area is 147 Å². The first-order chi connectivity index (χ1) is 12.0. The van der Waals surface area contributed by atoms with Gasteiger partial charge in [-0.15, -0.1) is 16.5 Å². The Bertz CT molecular complexity index is 1000. The summed E-state index contributed by atoms with van der Waals surface area (Å²) in [4.78, 5) is 7.66. The van der Waals surface area contributed by atoms with Crippen LogP contribution in [0.25, 0.3) is 0 Å². The number of rotatable bonds is 5. The van der Waals surface area contributed by atoms with Gasteiger partial charge in [0.1, 0.15) is 5.69 Å². The molecule has 25 heavy (non-hydrogen) atoms. The van der Waals surface area contributed by atoms with Crippen LogP contribution in [-0.4, -0.2) is 23.5 Å². The van der Waals surface area contributed by atoms with Crippen LogP contribution in [0, 0.1) is 0 Å². The van der Waals surface area contributed by atoms with Gasteiger partial charge < -0.3 is 10.8 Å². The predicted octanol–water partition coefficient (Wildman–Crippen LogP) is 3.04. The molecule has 0 bridgehead atoms. The Morgan fingerprint density at radius 1 is 1.08 bits per heavy atom. The van der Waals surface area contributed by atoms with Crippen LogP contribution in [0.1, 0.15) is 0 Å². The monoisotopic (exact) mass is 376 g/mol. The summed E-state index contributed by atoms with van der Waals surface area (Å²) < 4.78 is 26.8. The standard InChI is InChI=1S/C14H12N6O3S2/c15-13-12(21)11(5-6-16-13)19-18-9-1-3-10(4-2-9)25(22,23)20-14-17-7-8-24-14/h1-8,21H,(H2,15,16)(H,17,20). The molecule has 1 aromatic carbocycles. The van der Waals surface area contributed by atoms with Crippen LogP contribution in [-0.2, 0) is 10.0 Å². The lowest BCUT2D eigenvalue weighted by Crippen LogP contribution is -2.12. The van der Waals surface area contributed by atoms with Crippen molar-refractivity contribution >= 4 is 43.7 Å². The van der Waals surface area contributed by atoms with Crippen LogP contribution in [0.2, 0.25) is 0 Å². The van der Waals surface area contributed by atoms with Crippen molar-refractivity contribution in [3.63, 3.8) is 0 Å². The molecule has 9 nitrogen and oxygen atoms in total. The van der Waals surface area contributed by atoms with Crippen LogP contribution >= 0.6 is 11.3 Å². The predicted molar refractivity (Wildman–Crippen MR) is 93.9 cm³/mol. The first kappa shape index (κ1) is 16.8. The molecule has 0 amide bonds. The topological polar surface area (TPSA) is 143 Å². The highest BCUT2D eigenvalue weighted by atomic mass is 32.2. The second-order valence-corrected chi connectivity index (χ2v) is 7.28. The highest BCUT2D eigenvalue weighted by Gasteiger charge is 2.15. The third-order valence-corrected chi connectivity index (χ3v) is 5.18. The number of pyridine rings is 1. The van der Waals surface area contributed by atoms with E-state index >= 15 is 0 Å². The number of azo groups is 1. The van der Waals surface area contributed by atoms with Crippen molar-refractivity contribution in [3.8, 4) is 5.75 Å². The van der Waals surface area contributed by atoms with Crippen molar-refractivity contribution in [2.45, 2.75) is 4.90 Å². The molecule has 0 saturated carbocycles. The normalized spacial score (nSPS) is 11.7. The number of hydrogen-bond acceptors (Lipinski definition) is 9. The number of nitrogen functional groups attached to an aromatic ring is 1. The first-order valence-electron chi connectivity index (χ1n) is 6.83. The SMILES string of the molecule is Nc1nccc(N=Nc2ccc(S(=O)(=O)Nc3nccs3)cc2)c1O. The number of thiazole rings is 1. The summed E-state index contributed by atoms with van der Waals surface area (Å²) >= 11 is 1.18. The summed E-state index contributed by atoms with van der Waals surface area (Å²) in [5.41, 5.74) is 6.04. The molecule has 0 radical (unpaired) electrons. The van der Waals surface area contributed by atoms with E-state index in [1.807, 2.05) is 0 Å². The lowest BCUT2D eigenvalue weighted by Gasteiger charge is -2.05. The molecule has 0 spiro atoms. The van der Waals surface area contributed by atoms with Gasteiger partial charge >= 0.3 is 0 Å². The van der Waals surface area contributed by atoms with Gasteiger partial charge in [-0.25, -0.2) is 18.4 Å². The summed E-state index contributed by atoms with van der Waals surface area (Å²) in [7, 11) is -3.72. The molecule has 0 saturated heterocycles. The smallest absolute Gasteiger partial charge is 0.263 e. The Morgan fingerprint density at radius 2 is 1.84 bits per heavy atom. The zero-order valence-corrected chi connectivity index (χ0v) is 14.2. The molecule has 0 aliphatic heterocycles. The summed E-state index contributed by atoms with van der Waals surface area (Å²) in [6, 6.07) is 7.21. The van der Waals surface area contributed by atoms with Gasteiger partial charge in [0.2, 0.25) is 0 Å². The van der Waals surface area contributed by atoms with E-state index in [2.05, 4.69) is 24.9 Å². The fourth-order valence-electron chi connectivity index (χ4n) is 1.79. The van der Waals surface area contributed by atoms with E-state index in [9.17, 15) is 13.5 Å². The fraction of sp³-hybridized carbons (Fsp3) is 0. The minimum Gasteiger partial charge on any atom is -0.503 e. The number of anilines is 2. The molecule has 0 fully saturated rings. The molecule has 0 atom stereocenters. The van der Waals surface area contributed by atoms with Crippen molar-refractivity contribution in [1.29, 1.82) is 0 Å². The maximum Gasteiger partial charge on any atom is 0.263 e. The molecule has 11 heteroatoms. The van der Waals surface area contributed by atoms with Crippen molar-refractivity contribution in [3.05, 3.63) is 48.1 Å². The Hall–Kier alpha value is -3.05. The lowest BCUT2D eigenvalue weighted by atomic mass is 10.3. The first-order valence-corrected chi connectivity index (χ1v) is 9.19. The largest absolute Gasteiger partial charge is 0.503 e. The van der Waals surface area contributed by atoms with Crippen molar-refractivity contribution in [2.24, 2.45) is 10.2 Å². The second kappa shape index (κ2) is 6.83. The van der Waals surface area contributed by atoms with Gasteiger partial charge in [0.05, 0.1) is 10.6 Å². The zero-order valence-electron chi connectivity index (χ0n) is 12.6. The molecular weight excluding hydrogens is 364 g/mol. The molecule has 0 aliphatic carbocycles. The van der Waals surface area contributed by atoms with E-state index in [4.69, 9.17) is 5.73 Å². The molecule has 2 heterocycles. The number of nitrogens with two attached hydrogens (primary N) is 1. The van der Waals surface area contributed by atoms with E-state index in [1.54, 1.807) is 5.38 Å². The van der Waals surface area contributed by atoms with Crippen LogP contribution in [0.3, 0.4) is 0 Å². The van der Waals surface area contributed by atoms with E-state index in [0.29, 0.717) is 5.69 Å². The minimum atomic E-state index is -3.72. The molecule has 3 rings (SSSR count). The van der Waals surface area contributed by atoms with Gasteiger partial charge in [-0.05, 0) is 30.3 Å². The summed E-state index contributed by atoms with van der Waals surface area (Å²) in [6.07, 6.45) is 2.90. The second-order valence-electron chi connectivity index (χ2n) is 4.70. The molecule has 0 aliphatic rings. The molecule has 4 N–H and O–H groups in total. The van der Waals surface area contributed by atoms with Gasteiger partial charge in [-0.1, -0.05) is 0 Å². The fourth-order valence-corrected chi connectivity index (χ4v) is 3.58. The number of aromatic nitrogens is 2. The van der Waals surface area contributed by atoms with E-state index in [1.165, 1.54) is 54.1 Å². The Balaban J connectivity index is 1.78. The van der Waals surface area contributed by atoms with Gasteiger partial charge in [0.25, 0.3) is 10.0 Å². The van der Waals surface area contributed by atoms with E-state index in [0.717, 1.165) is 0 Å². The highest BCUT2D eigenvalue weighted by molar-refractivity contribution is 7.93. The Morgan fingerprint density at radius 3 is 2.52 bits per heavy atom. The minimum absolute atomic E-state index is 0.0499. The van der Waals surface area contributed by atoms with E-state index < -0.39 is 10.0 Å². The van der Waals surface area contributed by atoms with Gasteiger partial charge in [-0.2, -0.15) is 5.11 Å². The third kappa shape index (κ3) is 3.89. The number of benzene rings is 1. The third-order valence-electron chi connectivity index (χ3n) is 3.01. The van der Waals surface area contributed by atoms with Crippen molar-refractivity contribution < 1.29 is 13.5 Å². The number of nitrogens with zero attached hydrogens (tertiary/aromatic N) is 4. The summed E-state index contributed by atoms with van der Waals surface area (Å²) in [6.45, 7) is 0. The van der Waals surface area contributed by atoms with Crippen LogP contribution in [0.15, 0.2) is 63.2 Å². The molecule has 3 aromatic rings. The quantitative estimate of drug-likeness (QED) is 0.584. The highest BCUT2D eigenvalue weighted by Crippen LogP contribution is 2.31. The number of hydrogen-bond donors (Lipinski definition) is 3. The van der Waals surface area contributed by atoms with Crippen molar-refractivity contribution in [2.75, 3.05) is 10.5 Å². The maximum atomic E-state index is 12.2. The average Bonchev–Trinajstić information content (AvgIpc) is 3.09. The van der Waals surface area contributed by atoms with E-state index in [-0.39, 0.29) is 27.3 Å². The van der Waals surface area contributed by atoms with Gasteiger partial charge in [0.15, 0.2) is 16.7 Å². The van der Waals surface area contributed by atoms with Gasteiger partial charge in [0, 0.05) is 17.8 Å².